The molecular formula is C11H19N3O2S. The quantitative estimate of drug-likeness (QED) is 0.883. The van der Waals surface area contributed by atoms with Crippen molar-refractivity contribution in [2.24, 2.45) is 0 Å². The van der Waals surface area contributed by atoms with Crippen LogP contribution in [0.4, 0.5) is 5.95 Å². The minimum atomic E-state index is -2.79. The Morgan fingerprint density at radius 3 is 2.71 bits per heavy atom. The summed E-state index contributed by atoms with van der Waals surface area (Å²) in [6, 6.07) is 0.227. The van der Waals surface area contributed by atoms with Crippen molar-refractivity contribution in [2.75, 3.05) is 16.8 Å². The summed E-state index contributed by atoms with van der Waals surface area (Å²) < 4.78 is 24.7. The molecule has 5 nitrogen and oxygen atoms in total. The Hall–Kier alpha value is -1.04. The van der Waals surface area contributed by atoms with Gasteiger partial charge in [0, 0.05) is 18.8 Å². The van der Waals surface area contributed by atoms with E-state index in [1.807, 2.05) is 13.1 Å². The molecule has 0 radical (unpaired) electrons. The van der Waals surface area contributed by atoms with E-state index in [2.05, 4.69) is 21.8 Å². The third kappa shape index (κ3) is 3.00. The zero-order valence-electron chi connectivity index (χ0n) is 10.3. The van der Waals surface area contributed by atoms with E-state index in [4.69, 9.17) is 0 Å². The van der Waals surface area contributed by atoms with Gasteiger partial charge in [-0.05, 0) is 26.7 Å². The van der Waals surface area contributed by atoms with Crippen LogP contribution in [0.1, 0.15) is 25.5 Å². The van der Waals surface area contributed by atoms with Gasteiger partial charge in [0.15, 0.2) is 0 Å². The maximum Gasteiger partial charge on any atom is 0.203 e. The van der Waals surface area contributed by atoms with Gasteiger partial charge in [0.25, 0.3) is 0 Å². The second-order valence-electron chi connectivity index (χ2n) is 4.56. The molecule has 0 bridgehead atoms. The molecular weight excluding hydrogens is 238 g/mol. The van der Waals surface area contributed by atoms with E-state index in [1.165, 1.54) is 0 Å². The van der Waals surface area contributed by atoms with Crippen LogP contribution in [0.25, 0.3) is 0 Å². The van der Waals surface area contributed by atoms with Crippen molar-refractivity contribution in [1.82, 2.24) is 9.55 Å². The average Bonchev–Trinajstić information content (AvgIpc) is 2.62. The zero-order valence-corrected chi connectivity index (χ0v) is 11.1. The van der Waals surface area contributed by atoms with Crippen LogP contribution in [-0.4, -0.2) is 35.5 Å². The lowest BCUT2D eigenvalue weighted by molar-refractivity contribution is 0.556. The summed E-state index contributed by atoms with van der Waals surface area (Å²) in [6.45, 7) is 4.90. The van der Waals surface area contributed by atoms with E-state index < -0.39 is 9.84 Å². The fourth-order valence-electron chi connectivity index (χ4n) is 2.12. The maximum atomic E-state index is 11.3. The molecule has 0 atom stereocenters. The molecule has 0 spiro atoms. The average molecular weight is 257 g/mol. The van der Waals surface area contributed by atoms with Crippen LogP contribution in [0.3, 0.4) is 0 Å². The molecule has 1 N–H and O–H groups in total. The Morgan fingerprint density at radius 1 is 1.47 bits per heavy atom. The number of hydrogen-bond donors (Lipinski definition) is 1. The first kappa shape index (κ1) is 12.4. The van der Waals surface area contributed by atoms with E-state index in [1.54, 1.807) is 0 Å². The van der Waals surface area contributed by atoms with Crippen LogP contribution in [-0.2, 0) is 16.4 Å². The Labute approximate surface area is 102 Å². The summed E-state index contributed by atoms with van der Waals surface area (Å²) in [5.41, 5.74) is 0.984. The van der Waals surface area contributed by atoms with E-state index in [9.17, 15) is 8.42 Å². The molecule has 0 aromatic carbocycles. The van der Waals surface area contributed by atoms with Gasteiger partial charge in [0.1, 0.15) is 9.84 Å². The standard InChI is InChI=1S/C11H19N3O2S/c1-3-14-8-9(2)12-11(14)13-10-4-6-17(15,16)7-5-10/h8,10H,3-7H2,1-2H3,(H,12,13). The molecule has 0 unspecified atom stereocenters. The third-order valence-corrected chi connectivity index (χ3v) is 4.84. The zero-order chi connectivity index (χ0) is 12.5. The molecule has 0 saturated carbocycles. The Morgan fingerprint density at radius 2 is 2.12 bits per heavy atom. The van der Waals surface area contributed by atoms with Gasteiger partial charge in [-0.15, -0.1) is 0 Å². The minimum absolute atomic E-state index is 0.227. The predicted molar refractivity (Wildman–Crippen MR) is 67.9 cm³/mol. The van der Waals surface area contributed by atoms with Gasteiger partial charge in [0.2, 0.25) is 5.95 Å². The highest BCUT2D eigenvalue weighted by Crippen LogP contribution is 2.17. The number of nitrogens with zero attached hydrogens (tertiary/aromatic N) is 2. The van der Waals surface area contributed by atoms with Crippen LogP contribution < -0.4 is 5.32 Å². The summed E-state index contributed by atoms with van der Waals surface area (Å²) in [5, 5.41) is 3.35. The summed E-state index contributed by atoms with van der Waals surface area (Å²) in [5.74, 6) is 1.43. The number of aromatic nitrogens is 2. The minimum Gasteiger partial charge on any atom is -0.353 e. The Kier molecular flexibility index (Phi) is 3.42. The van der Waals surface area contributed by atoms with Gasteiger partial charge in [-0.3, -0.25) is 0 Å². The highest BCUT2D eigenvalue weighted by atomic mass is 32.2. The van der Waals surface area contributed by atoms with Crippen molar-refractivity contribution in [3.63, 3.8) is 0 Å². The second-order valence-corrected chi connectivity index (χ2v) is 6.87. The van der Waals surface area contributed by atoms with Crippen LogP contribution in [0.2, 0.25) is 0 Å². The molecule has 2 heterocycles. The van der Waals surface area contributed by atoms with E-state index in [-0.39, 0.29) is 17.5 Å². The molecule has 1 aliphatic heterocycles. The summed E-state index contributed by atoms with van der Waals surface area (Å²) in [7, 11) is -2.79. The van der Waals surface area contributed by atoms with E-state index in [0.717, 1.165) is 18.2 Å². The molecule has 6 heteroatoms. The lowest BCUT2D eigenvalue weighted by Gasteiger charge is -2.23. The van der Waals surface area contributed by atoms with Gasteiger partial charge in [0.05, 0.1) is 17.2 Å². The van der Waals surface area contributed by atoms with Crippen LogP contribution >= 0.6 is 0 Å². The number of anilines is 1. The normalized spacial score (nSPS) is 20.4. The van der Waals surface area contributed by atoms with Gasteiger partial charge >= 0.3 is 0 Å². The van der Waals surface area contributed by atoms with Crippen molar-refractivity contribution in [2.45, 2.75) is 39.3 Å². The van der Waals surface area contributed by atoms with Crippen molar-refractivity contribution in [1.29, 1.82) is 0 Å². The molecule has 96 valence electrons. The molecule has 1 aliphatic rings. The summed E-state index contributed by atoms with van der Waals surface area (Å²) in [6.07, 6.45) is 3.36. The predicted octanol–water partition coefficient (Wildman–Crippen LogP) is 1.20. The van der Waals surface area contributed by atoms with Crippen molar-refractivity contribution in [3.05, 3.63) is 11.9 Å². The first-order valence-electron chi connectivity index (χ1n) is 6.01. The fraction of sp³-hybridized carbons (Fsp3) is 0.727. The molecule has 1 aromatic heterocycles. The van der Waals surface area contributed by atoms with Gasteiger partial charge in [-0.2, -0.15) is 0 Å². The lowest BCUT2D eigenvalue weighted by atomic mass is 10.2. The molecule has 0 amide bonds. The highest BCUT2D eigenvalue weighted by molar-refractivity contribution is 7.91. The number of rotatable bonds is 3. The first-order valence-corrected chi connectivity index (χ1v) is 7.83. The van der Waals surface area contributed by atoms with Gasteiger partial charge in [-0.1, -0.05) is 0 Å². The molecule has 17 heavy (non-hydrogen) atoms. The van der Waals surface area contributed by atoms with Crippen LogP contribution in [0, 0.1) is 6.92 Å². The van der Waals surface area contributed by atoms with Crippen LogP contribution in [0.15, 0.2) is 6.20 Å². The molecule has 1 fully saturated rings. The largest absolute Gasteiger partial charge is 0.353 e. The number of nitrogens with one attached hydrogen (secondary N) is 1. The van der Waals surface area contributed by atoms with Crippen molar-refractivity contribution in [3.8, 4) is 0 Å². The van der Waals surface area contributed by atoms with E-state index in [0.29, 0.717) is 12.8 Å². The van der Waals surface area contributed by atoms with Gasteiger partial charge < -0.3 is 9.88 Å². The number of hydrogen-bond acceptors (Lipinski definition) is 4. The first-order chi connectivity index (χ1) is 8.00. The van der Waals surface area contributed by atoms with E-state index >= 15 is 0 Å². The van der Waals surface area contributed by atoms with Crippen molar-refractivity contribution < 1.29 is 8.42 Å². The monoisotopic (exact) mass is 257 g/mol. The van der Waals surface area contributed by atoms with Crippen molar-refractivity contribution >= 4 is 15.8 Å². The SMILES string of the molecule is CCn1cc(C)nc1NC1CCS(=O)(=O)CC1. The maximum absolute atomic E-state index is 11.3. The molecule has 1 saturated heterocycles. The molecule has 1 aromatic rings. The fourth-order valence-corrected chi connectivity index (χ4v) is 3.61. The number of aryl methyl sites for hydroxylation is 2. The number of sulfone groups is 1. The summed E-state index contributed by atoms with van der Waals surface area (Å²) in [4.78, 5) is 4.41. The Balaban J connectivity index is 2.02. The topological polar surface area (TPSA) is 64.0 Å². The second kappa shape index (κ2) is 4.68. The third-order valence-electron chi connectivity index (χ3n) is 3.13. The lowest BCUT2D eigenvalue weighted by Crippen LogP contribution is -2.33. The smallest absolute Gasteiger partial charge is 0.203 e. The highest BCUT2D eigenvalue weighted by Gasteiger charge is 2.24. The molecule has 2 rings (SSSR count). The Bertz CT molecular complexity index is 479. The summed E-state index contributed by atoms with van der Waals surface area (Å²) >= 11 is 0. The number of imidazole rings is 1. The van der Waals surface area contributed by atoms with Crippen LogP contribution in [0.5, 0.6) is 0 Å². The van der Waals surface area contributed by atoms with Gasteiger partial charge in [-0.25, -0.2) is 13.4 Å². The molecule has 0 aliphatic carbocycles.